The molecule has 4 N–H and O–H groups in total. The third kappa shape index (κ3) is 3.74. The van der Waals surface area contributed by atoms with Crippen molar-refractivity contribution in [3.8, 4) is 0 Å². The number of piperidine rings is 1. The molecule has 0 aromatic rings. The Kier molecular flexibility index (Phi) is 6.11. The quantitative estimate of drug-likeness (QED) is 0.269. The van der Waals surface area contributed by atoms with E-state index in [0.29, 0.717) is 6.04 Å². The van der Waals surface area contributed by atoms with Crippen LogP contribution in [0.2, 0.25) is 0 Å². The van der Waals surface area contributed by atoms with Crippen molar-refractivity contribution in [1.29, 1.82) is 0 Å². The van der Waals surface area contributed by atoms with Crippen LogP contribution in [0, 0.1) is 11.8 Å². The number of oxime groups is 1. The maximum atomic E-state index is 12.5. The van der Waals surface area contributed by atoms with Gasteiger partial charge in [0, 0.05) is 61.1 Å². The second kappa shape index (κ2) is 8.49. The molecule has 3 fully saturated rings. The standard InChI is InChI=1S/C20H30N4O5S/c1-10-16-15(11(2)25)19(26)24(16)17(20(27)28)18(10)30-14-7-13(21-8-14)9-23-5-3-12(22-29)4-6-23/h10-11,13-16,21,25,29H,3-9H2,1-2H3,(H,27,28)/t10-,11-,13?,14+,15?,16?/m1/s1. The number of thioether (sulfide) groups is 1. The van der Waals surface area contributed by atoms with Gasteiger partial charge in [-0.25, -0.2) is 4.79 Å². The Bertz CT molecular complexity index is 775. The van der Waals surface area contributed by atoms with Gasteiger partial charge in [-0.15, -0.1) is 11.8 Å². The molecule has 9 nitrogen and oxygen atoms in total. The van der Waals surface area contributed by atoms with Crippen molar-refractivity contribution in [2.45, 2.75) is 56.5 Å². The van der Waals surface area contributed by atoms with Gasteiger partial charge in [0.25, 0.3) is 0 Å². The number of fused-ring (bicyclic) bond motifs is 1. The molecule has 4 heterocycles. The van der Waals surface area contributed by atoms with Crippen LogP contribution in [0.5, 0.6) is 0 Å². The van der Waals surface area contributed by atoms with Crippen molar-refractivity contribution < 1.29 is 25.0 Å². The molecule has 166 valence electrons. The molecule has 0 spiro atoms. The number of nitrogens with zero attached hydrogens (tertiary/aromatic N) is 3. The number of carbonyl (C=O) groups excluding carboxylic acids is 1. The summed E-state index contributed by atoms with van der Waals surface area (Å²) in [6.45, 7) is 7.06. The van der Waals surface area contributed by atoms with Crippen LogP contribution >= 0.6 is 11.8 Å². The smallest absolute Gasteiger partial charge is 0.353 e. The van der Waals surface area contributed by atoms with E-state index in [1.54, 1.807) is 18.7 Å². The first kappa shape index (κ1) is 21.6. The Labute approximate surface area is 180 Å². The maximum absolute atomic E-state index is 12.5. The summed E-state index contributed by atoms with van der Waals surface area (Å²) in [7, 11) is 0. The van der Waals surface area contributed by atoms with Gasteiger partial charge >= 0.3 is 5.97 Å². The Hall–Kier alpha value is -1.62. The first-order valence-corrected chi connectivity index (χ1v) is 11.5. The first-order chi connectivity index (χ1) is 14.3. The van der Waals surface area contributed by atoms with Crippen molar-refractivity contribution in [2.24, 2.45) is 17.0 Å². The molecule has 10 heteroatoms. The van der Waals surface area contributed by atoms with E-state index in [0.717, 1.165) is 56.1 Å². The molecule has 6 atom stereocenters. The number of likely N-dealkylation sites (tertiary alicyclic amines) is 1. The highest BCUT2D eigenvalue weighted by Gasteiger charge is 2.60. The third-order valence-electron chi connectivity index (χ3n) is 6.84. The van der Waals surface area contributed by atoms with Crippen LogP contribution in [-0.2, 0) is 9.59 Å². The molecule has 4 rings (SSSR count). The highest BCUT2D eigenvalue weighted by Crippen LogP contribution is 2.51. The monoisotopic (exact) mass is 438 g/mol. The predicted octanol–water partition coefficient (Wildman–Crippen LogP) is 0.530. The molecule has 0 aromatic carbocycles. The molecule has 0 aliphatic carbocycles. The number of hydrogen-bond acceptors (Lipinski definition) is 8. The number of carboxylic acid groups (broad SMARTS) is 1. The first-order valence-electron chi connectivity index (χ1n) is 10.6. The molecule has 0 radical (unpaired) electrons. The van der Waals surface area contributed by atoms with Crippen molar-refractivity contribution >= 4 is 29.4 Å². The fourth-order valence-corrected chi connectivity index (χ4v) is 6.79. The lowest BCUT2D eigenvalue weighted by molar-refractivity contribution is -0.163. The van der Waals surface area contributed by atoms with E-state index in [4.69, 9.17) is 5.21 Å². The zero-order valence-corrected chi connectivity index (χ0v) is 18.1. The predicted molar refractivity (Wildman–Crippen MR) is 112 cm³/mol. The minimum absolute atomic E-state index is 0.0873. The summed E-state index contributed by atoms with van der Waals surface area (Å²) >= 11 is 1.58. The summed E-state index contributed by atoms with van der Waals surface area (Å²) in [6.07, 6.45) is 1.75. The molecule has 0 aromatic heterocycles. The third-order valence-corrected chi connectivity index (χ3v) is 8.35. The number of aliphatic carboxylic acids is 1. The largest absolute Gasteiger partial charge is 0.477 e. The van der Waals surface area contributed by atoms with E-state index in [2.05, 4.69) is 15.4 Å². The average molecular weight is 439 g/mol. The number of carbonyl (C=O) groups is 2. The van der Waals surface area contributed by atoms with E-state index < -0.39 is 18.0 Å². The minimum atomic E-state index is -1.07. The lowest BCUT2D eigenvalue weighted by atomic mass is 9.79. The molecule has 3 saturated heterocycles. The number of aliphatic hydroxyl groups excluding tert-OH is 1. The Morgan fingerprint density at radius 1 is 1.37 bits per heavy atom. The number of carboxylic acids is 1. The summed E-state index contributed by atoms with van der Waals surface area (Å²) in [6, 6.07) is 0.0802. The van der Waals surface area contributed by atoms with Crippen LogP contribution < -0.4 is 5.32 Å². The Morgan fingerprint density at radius 3 is 2.67 bits per heavy atom. The summed E-state index contributed by atoms with van der Waals surface area (Å²) < 4.78 is 0. The molecule has 0 saturated carbocycles. The number of amides is 1. The van der Waals surface area contributed by atoms with Gasteiger partial charge in [-0.1, -0.05) is 12.1 Å². The highest BCUT2D eigenvalue weighted by atomic mass is 32.2. The number of aliphatic hydroxyl groups is 1. The second-order valence-corrected chi connectivity index (χ2v) is 10.2. The SMILES string of the molecule is C[C@@H](O)C1C(=O)N2C(C(=O)O)=C(S[C@@H]3CNC(CN4CCC(=NO)CC4)C3)[C@H](C)C12. The number of hydrogen-bond donors (Lipinski definition) is 4. The van der Waals surface area contributed by atoms with Crippen LogP contribution in [-0.4, -0.2) is 92.4 Å². The zero-order valence-electron chi connectivity index (χ0n) is 17.3. The van der Waals surface area contributed by atoms with E-state index in [1.807, 2.05) is 6.92 Å². The summed E-state index contributed by atoms with van der Waals surface area (Å²) in [5.74, 6) is -1.96. The van der Waals surface area contributed by atoms with Gasteiger partial charge < -0.3 is 30.5 Å². The van der Waals surface area contributed by atoms with E-state index >= 15 is 0 Å². The molecule has 4 aliphatic rings. The zero-order chi connectivity index (χ0) is 21.6. The number of rotatable bonds is 6. The molecule has 30 heavy (non-hydrogen) atoms. The van der Waals surface area contributed by atoms with Crippen LogP contribution in [0.1, 0.15) is 33.1 Å². The molecule has 0 bridgehead atoms. The Morgan fingerprint density at radius 2 is 2.07 bits per heavy atom. The van der Waals surface area contributed by atoms with Gasteiger partial charge in [0.1, 0.15) is 5.70 Å². The average Bonchev–Trinajstić information content (AvgIpc) is 3.23. The number of nitrogens with one attached hydrogen (secondary N) is 1. The van der Waals surface area contributed by atoms with Gasteiger partial charge in [0.15, 0.2) is 0 Å². The van der Waals surface area contributed by atoms with Crippen LogP contribution in [0.15, 0.2) is 15.8 Å². The molecule has 1 amide bonds. The topological polar surface area (TPSA) is 126 Å². The van der Waals surface area contributed by atoms with Crippen LogP contribution in [0.4, 0.5) is 0 Å². The van der Waals surface area contributed by atoms with Crippen molar-refractivity contribution in [3.63, 3.8) is 0 Å². The lowest BCUT2D eigenvalue weighted by Gasteiger charge is -2.46. The summed E-state index contributed by atoms with van der Waals surface area (Å²) in [4.78, 5) is 28.9. The lowest BCUT2D eigenvalue weighted by Crippen LogP contribution is -2.63. The fraction of sp³-hybridized carbons (Fsp3) is 0.750. The van der Waals surface area contributed by atoms with E-state index in [1.165, 1.54) is 4.90 Å². The highest BCUT2D eigenvalue weighted by molar-refractivity contribution is 8.03. The van der Waals surface area contributed by atoms with Crippen LogP contribution in [0.3, 0.4) is 0 Å². The van der Waals surface area contributed by atoms with E-state index in [-0.39, 0.29) is 28.8 Å². The molecule has 3 unspecified atom stereocenters. The Balaban J connectivity index is 1.38. The molecular formula is C20H30N4O5S. The van der Waals surface area contributed by atoms with Gasteiger partial charge in [-0.05, 0) is 13.3 Å². The second-order valence-electron chi connectivity index (χ2n) is 8.82. The molecular weight excluding hydrogens is 408 g/mol. The van der Waals surface area contributed by atoms with Gasteiger partial charge in [0.2, 0.25) is 5.91 Å². The molecule has 4 aliphatic heterocycles. The van der Waals surface area contributed by atoms with Gasteiger partial charge in [-0.3, -0.25) is 4.79 Å². The van der Waals surface area contributed by atoms with Gasteiger partial charge in [0.05, 0.1) is 23.8 Å². The van der Waals surface area contributed by atoms with Gasteiger partial charge in [-0.2, -0.15) is 0 Å². The summed E-state index contributed by atoms with van der Waals surface area (Å²) in [5, 5.41) is 35.8. The fourth-order valence-electron chi connectivity index (χ4n) is 5.27. The van der Waals surface area contributed by atoms with Crippen molar-refractivity contribution in [1.82, 2.24) is 15.1 Å². The van der Waals surface area contributed by atoms with E-state index in [9.17, 15) is 19.8 Å². The van der Waals surface area contributed by atoms with Crippen LogP contribution in [0.25, 0.3) is 0 Å². The van der Waals surface area contributed by atoms with Crippen molar-refractivity contribution in [2.75, 3.05) is 26.2 Å². The van der Waals surface area contributed by atoms with Crippen molar-refractivity contribution in [3.05, 3.63) is 10.6 Å². The normalized spacial score (nSPS) is 35.4. The minimum Gasteiger partial charge on any atom is -0.477 e. The number of β-lactam (4-membered cyclic amide) rings is 1. The summed E-state index contributed by atoms with van der Waals surface area (Å²) in [5.41, 5.74) is 0.965. The maximum Gasteiger partial charge on any atom is 0.353 e.